The van der Waals surface area contributed by atoms with E-state index in [0.29, 0.717) is 0 Å². The topological polar surface area (TPSA) is 41.1 Å². The Morgan fingerprint density at radius 3 is 2.42 bits per heavy atom. The van der Waals surface area contributed by atoms with E-state index in [9.17, 15) is 4.79 Å². The van der Waals surface area contributed by atoms with E-state index < -0.39 is 0 Å². The maximum atomic E-state index is 12.1. The van der Waals surface area contributed by atoms with E-state index in [-0.39, 0.29) is 24.2 Å². The van der Waals surface area contributed by atoms with E-state index in [1.54, 1.807) is 0 Å². The van der Waals surface area contributed by atoms with Gasteiger partial charge < -0.3 is 10.6 Å². The van der Waals surface area contributed by atoms with Crippen LogP contribution in [0, 0.1) is 11.8 Å². The van der Waals surface area contributed by atoms with Gasteiger partial charge in [-0.25, -0.2) is 0 Å². The lowest BCUT2D eigenvalue weighted by molar-refractivity contribution is -0.125. The van der Waals surface area contributed by atoms with E-state index in [1.165, 1.54) is 32.1 Å². The minimum Gasteiger partial charge on any atom is -0.355 e. The fourth-order valence-electron chi connectivity index (χ4n) is 2.88. The first-order chi connectivity index (χ1) is 8.77. The Kier molecular flexibility index (Phi) is 11.4. The third-order valence-corrected chi connectivity index (χ3v) is 4.06. The molecule has 1 atom stereocenters. The van der Waals surface area contributed by atoms with Crippen molar-refractivity contribution in [3.8, 4) is 0 Å². The number of likely N-dealkylation sites (N-methyl/N-ethyl adjacent to an activating group) is 1. The van der Waals surface area contributed by atoms with Crippen LogP contribution in [-0.2, 0) is 4.79 Å². The van der Waals surface area contributed by atoms with Crippen molar-refractivity contribution in [3.63, 3.8) is 0 Å². The molecule has 4 heteroatoms. The summed E-state index contributed by atoms with van der Waals surface area (Å²) in [6.07, 6.45) is 8.86. The minimum atomic E-state index is 0. The molecule has 0 radical (unpaired) electrons. The second-order valence-electron chi connectivity index (χ2n) is 5.49. The summed E-state index contributed by atoms with van der Waals surface area (Å²) in [5, 5.41) is 6.28. The number of carbonyl (C=O) groups excluding carboxylic acids is 1. The molecule has 1 fully saturated rings. The number of halogens is 1. The monoisotopic (exact) mass is 290 g/mol. The van der Waals surface area contributed by atoms with Gasteiger partial charge in [0, 0.05) is 19.0 Å². The SMILES string of the molecule is CCNCCNC(=O)C(CC)CC1CCCCC1.Cl. The molecule has 0 bridgehead atoms. The molecule has 0 heterocycles. The third-order valence-electron chi connectivity index (χ3n) is 4.06. The predicted molar refractivity (Wildman–Crippen MR) is 83.8 cm³/mol. The Balaban J connectivity index is 0.00000324. The molecule has 1 saturated carbocycles. The number of amides is 1. The Bertz CT molecular complexity index is 230. The second kappa shape index (κ2) is 11.5. The van der Waals surface area contributed by atoms with Crippen molar-refractivity contribution in [2.45, 2.75) is 58.8 Å². The van der Waals surface area contributed by atoms with Gasteiger partial charge in [0.05, 0.1) is 0 Å². The van der Waals surface area contributed by atoms with Crippen LogP contribution < -0.4 is 10.6 Å². The molecule has 114 valence electrons. The zero-order valence-corrected chi connectivity index (χ0v) is 13.4. The zero-order chi connectivity index (χ0) is 13.2. The summed E-state index contributed by atoms with van der Waals surface area (Å²) >= 11 is 0. The molecule has 1 unspecified atom stereocenters. The number of carbonyl (C=O) groups is 1. The minimum absolute atomic E-state index is 0. The second-order valence-corrected chi connectivity index (χ2v) is 5.49. The van der Waals surface area contributed by atoms with Gasteiger partial charge >= 0.3 is 0 Å². The first kappa shape index (κ1) is 18.7. The summed E-state index contributed by atoms with van der Waals surface area (Å²) < 4.78 is 0. The molecular formula is C15H31ClN2O. The normalized spacial score (nSPS) is 17.6. The van der Waals surface area contributed by atoms with Crippen molar-refractivity contribution in [2.75, 3.05) is 19.6 Å². The number of hydrogen-bond acceptors (Lipinski definition) is 2. The Labute approximate surface area is 124 Å². The van der Waals surface area contributed by atoms with Crippen LogP contribution in [0.15, 0.2) is 0 Å². The summed E-state index contributed by atoms with van der Waals surface area (Å²) in [7, 11) is 0. The molecular weight excluding hydrogens is 260 g/mol. The van der Waals surface area contributed by atoms with Crippen LogP contribution in [0.4, 0.5) is 0 Å². The average Bonchev–Trinajstić information content (AvgIpc) is 2.42. The first-order valence-corrected chi connectivity index (χ1v) is 7.76. The van der Waals surface area contributed by atoms with Crippen LogP contribution in [-0.4, -0.2) is 25.5 Å². The average molecular weight is 291 g/mol. The quantitative estimate of drug-likeness (QED) is 0.674. The van der Waals surface area contributed by atoms with Gasteiger partial charge in [-0.2, -0.15) is 0 Å². The molecule has 0 aromatic carbocycles. The van der Waals surface area contributed by atoms with E-state index >= 15 is 0 Å². The Hall–Kier alpha value is -0.280. The van der Waals surface area contributed by atoms with Crippen LogP contribution in [0.1, 0.15) is 58.8 Å². The molecule has 0 aromatic rings. The van der Waals surface area contributed by atoms with Crippen molar-refractivity contribution >= 4 is 18.3 Å². The van der Waals surface area contributed by atoms with Gasteiger partial charge in [-0.15, -0.1) is 12.4 Å². The molecule has 1 aliphatic carbocycles. The van der Waals surface area contributed by atoms with E-state index in [4.69, 9.17) is 0 Å². The predicted octanol–water partition coefficient (Wildman–Crippen LogP) is 3.13. The highest BCUT2D eigenvalue weighted by Crippen LogP contribution is 2.30. The summed E-state index contributed by atoms with van der Waals surface area (Å²) in [4.78, 5) is 12.1. The molecule has 0 aromatic heterocycles. The molecule has 1 amide bonds. The Morgan fingerprint density at radius 1 is 1.16 bits per heavy atom. The largest absolute Gasteiger partial charge is 0.355 e. The third kappa shape index (κ3) is 7.78. The number of nitrogens with one attached hydrogen (secondary N) is 2. The van der Waals surface area contributed by atoms with E-state index in [1.807, 2.05) is 0 Å². The smallest absolute Gasteiger partial charge is 0.223 e. The van der Waals surface area contributed by atoms with Gasteiger partial charge in [0.2, 0.25) is 5.91 Å². The molecule has 2 N–H and O–H groups in total. The highest BCUT2D eigenvalue weighted by molar-refractivity contribution is 5.85. The lowest BCUT2D eigenvalue weighted by Crippen LogP contribution is -2.36. The van der Waals surface area contributed by atoms with Crippen molar-refractivity contribution < 1.29 is 4.79 Å². The number of rotatable bonds is 8. The van der Waals surface area contributed by atoms with E-state index in [2.05, 4.69) is 24.5 Å². The van der Waals surface area contributed by atoms with Crippen LogP contribution in [0.25, 0.3) is 0 Å². The molecule has 0 saturated heterocycles. The maximum Gasteiger partial charge on any atom is 0.223 e. The van der Waals surface area contributed by atoms with Gasteiger partial charge in [-0.3, -0.25) is 4.79 Å². The summed E-state index contributed by atoms with van der Waals surface area (Å²) in [5.41, 5.74) is 0. The lowest BCUT2D eigenvalue weighted by Gasteiger charge is -2.25. The van der Waals surface area contributed by atoms with Gasteiger partial charge in [0.25, 0.3) is 0 Å². The molecule has 0 aliphatic heterocycles. The van der Waals surface area contributed by atoms with E-state index in [0.717, 1.165) is 38.4 Å². The fourth-order valence-corrected chi connectivity index (χ4v) is 2.88. The van der Waals surface area contributed by atoms with Crippen molar-refractivity contribution in [3.05, 3.63) is 0 Å². The first-order valence-electron chi connectivity index (χ1n) is 7.76. The van der Waals surface area contributed by atoms with Gasteiger partial charge in [-0.05, 0) is 25.3 Å². The van der Waals surface area contributed by atoms with Gasteiger partial charge in [-0.1, -0.05) is 46.0 Å². The van der Waals surface area contributed by atoms with Crippen LogP contribution >= 0.6 is 12.4 Å². The van der Waals surface area contributed by atoms with Crippen LogP contribution in [0.3, 0.4) is 0 Å². The molecule has 1 aliphatic rings. The zero-order valence-electron chi connectivity index (χ0n) is 12.5. The Morgan fingerprint density at radius 2 is 1.84 bits per heavy atom. The standard InChI is InChI=1S/C15H30N2O.ClH/c1-3-14(12-13-8-6-5-7-9-13)15(18)17-11-10-16-4-2;/h13-14,16H,3-12H2,1-2H3,(H,17,18);1H. The highest BCUT2D eigenvalue weighted by atomic mass is 35.5. The number of hydrogen-bond donors (Lipinski definition) is 2. The van der Waals surface area contributed by atoms with Crippen molar-refractivity contribution in [2.24, 2.45) is 11.8 Å². The summed E-state index contributed by atoms with van der Waals surface area (Å²) in [6, 6.07) is 0. The summed E-state index contributed by atoms with van der Waals surface area (Å²) in [6.45, 7) is 6.82. The van der Waals surface area contributed by atoms with Crippen LogP contribution in [0.5, 0.6) is 0 Å². The molecule has 3 nitrogen and oxygen atoms in total. The molecule has 19 heavy (non-hydrogen) atoms. The lowest BCUT2D eigenvalue weighted by atomic mass is 9.82. The fraction of sp³-hybridized carbons (Fsp3) is 0.933. The molecule has 1 rings (SSSR count). The van der Waals surface area contributed by atoms with Gasteiger partial charge in [0.1, 0.15) is 0 Å². The van der Waals surface area contributed by atoms with Crippen LogP contribution in [0.2, 0.25) is 0 Å². The molecule has 0 spiro atoms. The summed E-state index contributed by atoms with van der Waals surface area (Å²) in [5.74, 6) is 1.29. The maximum absolute atomic E-state index is 12.1. The highest BCUT2D eigenvalue weighted by Gasteiger charge is 2.22. The van der Waals surface area contributed by atoms with Crippen molar-refractivity contribution in [1.29, 1.82) is 0 Å². The van der Waals surface area contributed by atoms with Gasteiger partial charge in [0.15, 0.2) is 0 Å². The van der Waals surface area contributed by atoms with Crippen molar-refractivity contribution in [1.82, 2.24) is 10.6 Å².